The zero-order valence-corrected chi connectivity index (χ0v) is 24.8. The van der Waals surface area contributed by atoms with Gasteiger partial charge in [-0.3, -0.25) is 4.79 Å². The van der Waals surface area contributed by atoms with Crippen LogP contribution in [0.15, 0.2) is 72.8 Å². The fourth-order valence-electron chi connectivity index (χ4n) is 4.42. The van der Waals surface area contributed by atoms with Gasteiger partial charge in [0.2, 0.25) is 10.0 Å². The molecule has 1 amide bonds. The van der Waals surface area contributed by atoms with Crippen molar-refractivity contribution < 1.29 is 23.4 Å². The Morgan fingerprint density at radius 2 is 1.60 bits per heavy atom. The lowest BCUT2D eigenvalue weighted by Crippen LogP contribution is -2.33. The molecule has 0 saturated carbocycles. The minimum absolute atomic E-state index is 0. The molecule has 0 aliphatic carbocycles. The molecule has 0 aromatic heterocycles. The molecule has 0 unspecified atom stereocenters. The van der Waals surface area contributed by atoms with E-state index in [1.165, 1.54) is 5.56 Å². The summed E-state index contributed by atoms with van der Waals surface area (Å²) in [5.41, 5.74) is 5.26. The van der Waals surface area contributed by atoms with E-state index in [2.05, 4.69) is 48.2 Å². The number of halogens is 1. The van der Waals surface area contributed by atoms with Crippen LogP contribution in [0.2, 0.25) is 0 Å². The van der Waals surface area contributed by atoms with E-state index in [0.717, 1.165) is 41.6 Å². The minimum Gasteiger partial charge on any atom is -0.396 e. The highest BCUT2D eigenvalue weighted by Gasteiger charge is 2.19. The highest BCUT2D eigenvalue weighted by Crippen LogP contribution is 2.25. The van der Waals surface area contributed by atoms with Crippen molar-refractivity contribution in [3.63, 3.8) is 0 Å². The van der Waals surface area contributed by atoms with Gasteiger partial charge in [-0.2, -0.15) is 0 Å². The lowest BCUT2D eigenvalue weighted by atomic mass is 9.93. The van der Waals surface area contributed by atoms with Gasteiger partial charge >= 0.3 is 0 Å². The van der Waals surface area contributed by atoms with Crippen LogP contribution in [0.4, 0.5) is 0 Å². The molecule has 3 aromatic rings. The molecule has 0 saturated heterocycles. The highest BCUT2D eigenvalue weighted by molar-refractivity contribution is 7.90. The first kappa shape index (κ1) is 33.5. The van der Waals surface area contributed by atoms with Crippen molar-refractivity contribution in [1.82, 2.24) is 10.0 Å². The Kier molecular flexibility index (Phi) is 13.8. The summed E-state index contributed by atoms with van der Waals surface area (Å²) in [7, 11) is -3.81. The Morgan fingerprint density at radius 1 is 0.925 bits per heavy atom. The quantitative estimate of drug-likeness (QED) is 0.192. The Hall–Kier alpha value is -2.75. The number of carbonyl (C=O) groups excluding carboxylic acids is 1. The number of hydrogen-bond donors (Lipinski definition) is 4. The molecule has 0 fully saturated rings. The van der Waals surface area contributed by atoms with Gasteiger partial charge in [0.15, 0.2) is 0 Å². The Balaban J connectivity index is 0.00000560. The van der Waals surface area contributed by atoms with Gasteiger partial charge < -0.3 is 15.5 Å². The molecule has 0 heterocycles. The molecule has 9 heteroatoms. The van der Waals surface area contributed by atoms with Crippen LogP contribution in [0.25, 0.3) is 11.1 Å². The lowest BCUT2D eigenvalue weighted by Gasteiger charge is -2.15. The summed E-state index contributed by atoms with van der Waals surface area (Å²) in [6.07, 6.45) is 2.06. The van der Waals surface area contributed by atoms with E-state index < -0.39 is 22.0 Å². The maximum absolute atomic E-state index is 12.8. The summed E-state index contributed by atoms with van der Waals surface area (Å²) in [4.78, 5) is 12.8. The Labute approximate surface area is 244 Å². The molecule has 4 N–H and O–H groups in total. The van der Waals surface area contributed by atoms with Crippen molar-refractivity contribution in [2.24, 2.45) is 5.92 Å². The topological polar surface area (TPSA) is 116 Å². The third-order valence-electron chi connectivity index (χ3n) is 6.43. The molecule has 0 bridgehead atoms. The maximum Gasteiger partial charge on any atom is 0.265 e. The number of amides is 1. The number of hydrogen-bond acceptors (Lipinski definition) is 6. The molecule has 3 rings (SSSR count). The van der Waals surface area contributed by atoms with Crippen molar-refractivity contribution in [3.8, 4) is 11.1 Å². The summed E-state index contributed by atoms with van der Waals surface area (Å²) in [5.74, 6) is -0.664. The van der Waals surface area contributed by atoms with E-state index >= 15 is 0 Å². The normalized spacial score (nSPS) is 12.1. The number of aliphatic hydroxyl groups is 2. The van der Waals surface area contributed by atoms with Crippen LogP contribution in [-0.2, 0) is 22.9 Å². The minimum atomic E-state index is -3.81. The van der Waals surface area contributed by atoms with Crippen LogP contribution >= 0.6 is 12.4 Å². The number of nitrogens with one attached hydrogen (secondary N) is 2. The van der Waals surface area contributed by atoms with Crippen molar-refractivity contribution in [2.45, 2.75) is 45.6 Å². The fourth-order valence-corrected chi connectivity index (χ4v) is 5.42. The molecule has 7 nitrogen and oxygen atoms in total. The van der Waals surface area contributed by atoms with Gasteiger partial charge in [0.1, 0.15) is 0 Å². The monoisotopic (exact) mass is 588 g/mol. The van der Waals surface area contributed by atoms with Gasteiger partial charge in [0.05, 0.1) is 11.9 Å². The molecule has 0 aliphatic rings. The van der Waals surface area contributed by atoms with Gasteiger partial charge in [-0.15, -0.1) is 12.4 Å². The predicted molar refractivity (Wildman–Crippen MR) is 163 cm³/mol. The molecular weight excluding hydrogens is 548 g/mol. The number of rotatable bonds is 15. The van der Waals surface area contributed by atoms with Gasteiger partial charge in [-0.1, -0.05) is 80.6 Å². The molecule has 0 spiro atoms. The molecule has 218 valence electrons. The third kappa shape index (κ3) is 10.7. The zero-order valence-electron chi connectivity index (χ0n) is 23.2. The summed E-state index contributed by atoms with van der Waals surface area (Å²) in [6.45, 7) is 5.18. The maximum atomic E-state index is 12.8. The SMILES string of the molecule is CC(C)Cc1cc(-c2ccc(CCCNC[C@H](O)c3ccccc3)cc2)ccc1C(=O)NS(=O)(=O)CCCO.Cl. The van der Waals surface area contributed by atoms with Crippen LogP contribution in [0.3, 0.4) is 0 Å². The smallest absolute Gasteiger partial charge is 0.265 e. The second-order valence-electron chi connectivity index (χ2n) is 10.2. The van der Waals surface area contributed by atoms with Crippen LogP contribution < -0.4 is 10.0 Å². The van der Waals surface area contributed by atoms with Crippen molar-refractivity contribution >= 4 is 28.3 Å². The van der Waals surface area contributed by atoms with Gasteiger partial charge in [0, 0.05) is 18.7 Å². The summed E-state index contributed by atoms with van der Waals surface area (Å²) >= 11 is 0. The third-order valence-corrected chi connectivity index (χ3v) is 7.75. The van der Waals surface area contributed by atoms with Crippen LogP contribution in [0.1, 0.15) is 59.8 Å². The highest BCUT2D eigenvalue weighted by atomic mass is 35.5. The standard InChI is InChI=1S/C31H40N2O5S.ClH/c1-23(2)20-28-21-27(15-16-29(28)31(36)33-39(37,38)19-7-18-34)25-13-11-24(12-14-25)8-6-17-32-22-30(35)26-9-4-3-5-10-26;/h3-5,9-16,21,23,30,32,34-35H,6-8,17-20,22H2,1-2H3,(H,33,36);1H/t30-;/m0./s1. The second-order valence-corrected chi connectivity index (χ2v) is 12.1. The lowest BCUT2D eigenvalue weighted by molar-refractivity contribution is 0.0980. The fraction of sp³-hybridized carbons (Fsp3) is 0.387. The van der Waals surface area contributed by atoms with Crippen molar-refractivity contribution in [1.29, 1.82) is 0 Å². The molecule has 0 aliphatic heterocycles. The molecule has 40 heavy (non-hydrogen) atoms. The van der Waals surface area contributed by atoms with E-state index in [1.54, 1.807) is 6.07 Å². The van der Waals surface area contributed by atoms with E-state index in [0.29, 0.717) is 18.5 Å². The van der Waals surface area contributed by atoms with E-state index in [1.807, 2.05) is 42.5 Å². The number of aryl methyl sites for hydroxylation is 1. The molecule has 1 atom stereocenters. The van der Waals surface area contributed by atoms with Crippen LogP contribution in [-0.4, -0.2) is 50.0 Å². The zero-order chi connectivity index (χ0) is 28.3. The molecule has 3 aromatic carbocycles. The van der Waals surface area contributed by atoms with E-state index in [4.69, 9.17) is 5.11 Å². The first-order chi connectivity index (χ1) is 18.7. The number of benzene rings is 3. The van der Waals surface area contributed by atoms with Gasteiger partial charge in [-0.05, 0) is 72.0 Å². The number of aliphatic hydroxyl groups excluding tert-OH is 2. The summed E-state index contributed by atoms with van der Waals surface area (Å²) in [6, 6.07) is 23.5. The Bertz CT molecular complexity index is 1300. The van der Waals surface area contributed by atoms with Crippen LogP contribution in [0.5, 0.6) is 0 Å². The number of sulfonamides is 1. The predicted octanol–water partition coefficient (Wildman–Crippen LogP) is 4.67. The van der Waals surface area contributed by atoms with Crippen LogP contribution in [0, 0.1) is 5.92 Å². The van der Waals surface area contributed by atoms with E-state index in [9.17, 15) is 18.3 Å². The average Bonchev–Trinajstić information content (AvgIpc) is 2.92. The molecule has 0 radical (unpaired) electrons. The summed E-state index contributed by atoms with van der Waals surface area (Å²) in [5, 5.41) is 22.5. The Morgan fingerprint density at radius 3 is 2.25 bits per heavy atom. The van der Waals surface area contributed by atoms with E-state index in [-0.39, 0.29) is 37.1 Å². The first-order valence-electron chi connectivity index (χ1n) is 13.5. The van der Waals surface area contributed by atoms with Crippen molar-refractivity contribution in [2.75, 3.05) is 25.4 Å². The first-order valence-corrected chi connectivity index (χ1v) is 15.2. The second kappa shape index (κ2) is 16.5. The number of carbonyl (C=O) groups is 1. The summed E-state index contributed by atoms with van der Waals surface area (Å²) < 4.78 is 26.5. The van der Waals surface area contributed by atoms with Crippen molar-refractivity contribution in [3.05, 3.63) is 95.1 Å². The van der Waals surface area contributed by atoms with Gasteiger partial charge in [0.25, 0.3) is 5.91 Å². The molecular formula is C31H41ClN2O5S. The average molecular weight is 589 g/mol. The van der Waals surface area contributed by atoms with Gasteiger partial charge in [-0.25, -0.2) is 13.1 Å². The largest absolute Gasteiger partial charge is 0.396 e.